The van der Waals surface area contributed by atoms with Gasteiger partial charge in [0.2, 0.25) is 0 Å². The first-order valence-electron chi connectivity index (χ1n) is 8.10. The predicted octanol–water partition coefficient (Wildman–Crippen LogP) is 3.81. The van der Waals surface area contributed by atoms with Crippen LogP contribution in [0.2, 0.25) is 0 Å². The van der Waals surface area contributed by atoms with Crippen molar-refractivity contribution in [2.75, 3.05) is 18.2 Å². The summed E-state index contributed by atoms with van der Waals surface area (Å²) < 4.78 is 51.2. The van der Waals surface area contributed by atoms with E-state index in [2.05, 4.69) is 5.10 Å². The Morgan fingerprint density at radius 3 is 2.41 bits per heavy atom. The molecule has 138 valence electrons. The van der Waals surface area contributed by atoms with Gasteiger partial charge < -0.3 is 9.47 Å². The normalized spacial score (nSPS) is 18.0. The molecular weight excluding hydrogens is 361 g/mol. The summed E-state index contributed by atoms with van der Waals surface area (Å²) >= 11 is 0. The molecule has 0 spiro atoms. The highest BCUT2D eigenvalue weighted by atomic mass is 19.4. The fraction of sp³-hybridized carbons (Fsp3) is 0.158. The van der Waals surface area contributed by atoms with Crippen LogP contribution >= 0.6 is 0 Å². The van der Waals surface area contributed by atoms with Crippen molar-refractivity contribution < 1.29 is 27.4 Å². The van der Waals surface area contributed by atoms with Crippen molar-refractivity contribution in [1.29, 1.82) is 0 Å². The van der Waals surface area contributed by atoms with Gasteiger partial charge in [-0.1, -0.05) is 24.3 Å². The van der Waals surface area contributed by atoms with E-state index in [0.29, 0.717) is 30.3 Å². The number of hydrazone groups is 1. The minimum Gasteiger partial charge on any atom is -0.486 e. The molecule has 1 amide bonds. The number of nitrogens with zero attached hydrogens (tertiary/aromatic N) is 2. The van der Waals surface area contributed by atoms with Gasteiger partial charge in [-0.05, 0) is 35.9 Å². The fourth-order valence-corrected chi connectivity index (χ4v) is 2.81. The quantitative estimate of drug-likeness (QED) is 0.752. The van der Waals surface area contributed by atoms with Crippen LogP contribution in [0, 0.1) is 0 Å². The summed E-state index contributed by atoms with van der Waals surface area (Å²) in [5, 5.41) is 4.28. The highest BCUT2D eigenvalue weighted by molar-refractivity contribution is 6.34. The Morgan fingerprint density at radius 1 is 1.00 bits per heavy atom. The average Bonchev–Trinajstić information content (AvgIpc) is 2.99. The second-order valence-electron chi connectivity index (χ2n) is 5.86. The van der Waals surface area contributed by atoms with Crippen molar-refractivity contribution in [1.82, 2.24) is 0 Å². The maximum absolute atomic E-state index is 13.5. The summed E-state index contributed by atoms with van der Waals surface area (Å²) in [7, 11) is 0. The molecule has 0 radical (unpaired) electrons. The molecule has 0 N–H and O–H groups in total. The number of ether oxygens (including phenoxy) is 2. The molecule has 2 aliphatic rings. The molecule has 4 rings (SSSR count). The van der Waals surface area contributed by atoms with E-state index >= 15 is 0 Å². The minimum atomic E-state index is -4.77. The Bertz CT molecular complexity index is 952. The van der Waals surface area contributed by atoms with Gasteiger partial charge in [-0.15, -0.1) is 0 Å². The van der Waals surface area contributed by atoms with Gasteiger partial charge >= 0.3 is 6.18 Å². The predicted molar refractivity (Wildman–Crippen MR) is 92.8 cm³/mol. The van der Waals surface area contributed by atoms with Gasteiger partial charge in [-0.2, -0.15) is 23.3 Å². The highest BCUT2D eigenvalue weighted by Gasteiger charge is 2.46. The molecule has 2 aromatic rings. The van der Waals surface area contributed by atoms with E-state index in [1.54, 1.807) is 30.3 Å². The lowest BCUT2D eigenvalue weighted by Crippen LogP contribution is -2.25. The van der Waals surface area contributed by atoms with Gasteiger partial charge in [-0.3, -0.25) is 4.79 Å². The molecule has 2 heterocycles. The van der Waals surface area contributed by atoms with Crippen LogP contribution in [0.5, 0.6) is 11.5 Å². The van der Waals surface area contributed by atoms with Crippen LogP contribution < -0.4 is 14.5 Å². The summed E-state index contributed by atoms with van der Waals surface area (Å²) in [6.45, 7) is 0.756. The zero-order chi connectivity index (χ0) is 19.0. The molecule has 0 saturated carbocycles. The smallest absolute Gasteiger partial charge is 0.435 e. The third-order valence-corrected chi connectivity index (χ3v) is 4.02. The third-order valence-electron chi connectivity index (χ3n) is 4.02. The highest BCUT2D eigenvalue weighted by Crippen LogP contribution is 2.35. The maximum Gasteiger partial charge on any atom is 0.435 e. The van der Waals surface area contributed by atoms with Gasteiger partial charge in [0.25, 0.3) is 5.91 Å². The first-order valence-corrected chi connectivity index (χ1v) is 8.10. The maximum atomic E-state index is 13.5. The lowest BCUT2D eigenvalue weighted by Gasteiger charge is -2.18. The topological polar surface area (TPSA) is 51.1 Å². The molecule has 0 fully saturated rings. The number of rotatable bonds is 2. The summed E-state index contributed by atoms with van der Waals surface area (Å²) in [6.07, 6.45) is -3.60. The number of amides is 1. The van der Waals surface area contributed by atoms with Gasteiger partial charge in [-0.25, -0.2) is 0 Å². The summed E-state index contributed by atoms with van der Waals surface area (Å²) in [4.78, 5) is 12.6. The molecule has 27 heavy (non-hydrogen) atoms. The van der Waals surface area contributed by atoms with E-state index in [1.165, 1.54) is 18.2 Å². The summed E-state index contributed by atoms with van der Waals surface area (Å²) in [6, 6.07) is 12.7. The number of anilines is 1. The lowest BCUT2D eigenvalue weighted by molar-refractivity contribution is -0.114. The number of carbonyl (C=O) groups excluding carboxylic acids is 1. The van der Waals surface area contributed by atoms with E-state index in [-0.39, 0.29) is 5.69 Å². The summed E-state index contributed by atoms with van der Waals surface area (Å²) in [5.74, 6) is 0.0895. The number of para-hydroxylation sites is 1. The standard InChI is InChI=1S/C19H13F3N2O3/c20-19(21,22)17-14(18(25)24(23-17)13-4-2-1-3-5-13)10-12-6-7-15-16(11-12)27-9-8-26-15/h1-7,10-11H,8-9H2/b14-10-. The molecule has 0 unspecified atom stereocenters. The van der Waals surface area contributed by atoms with Crippen LogP contribution in [0.1, 0.15) is 5.56 Å². The number of fused-ring (bicyclic) bond motifs is 1. The first kappa shape index (κ1) is 17.1. The zero-order valence-electron chi connectivity index (χ0n) is 13.9. The van der Waals surface area contributed by atoms with Crippen LogP contribution in [-0.4, -0.2) is 31.0 Å². The SMILES string of the molecule is O=C1/C(=C\c2ccc3c(c2)OCCO3)C(C(F)(F)F)=NN1c1ccccc1. The van der Waals surface area contributed by atoms with Gasteiger partial charge in [0, 0.05) is 0 Å². The van der Waals surface area contributed by atoms with E-state index in [4.69, 9.17) is 9.47 Å². The Kier molecular flexibility index (Phi) is 4.10. The molecule has 2 aliphatic heterocycles. The van der Waals surface area contributed by atoms with Crippen LogP contribution in [0.25, 0.3) is 6.08 Å². The van der Waals surface area contributed by atoms with Gasteiger partial charge in [0.1, 0.15) is 13.2 Å². The molecule has 0 atom stereocenters. The summed E-state index contributed by atoms with van der Waals surface area (Å²) in [5.41, 5.74) is -1.11. The molecule has 5 nitrogen and oxygen atoms in total. The molecule has 8 heteroatoms. The number of carbonyl (C=O) groups is 1. The fourth-order valence-electron chi connectivity index (χ4n) is 2.81. The largest absolute Gasteiger partial charge is 0.486 e. The van der Waals surface area contributed by atoms with E-state index in [0.717, 1.165) is 11.1 Å². The molecule has 0 bridgehead atoms. The van der Waals surface area contributed by atoms with E-state index in [9.17, 15) is 18.0 Å². The minimum absolute atomic E-state index is 0.259. The number of benzene rings is 2. The molecule has 0 saturated heterocycles. The van der Waals surface area contributed by atoms with Crippen molar-refractivity contribution in [3.8, 4) is 11.5 Å². The van der Waals surface area contributed by atoms with Crippen molar-refractivity contribution >= 4 is 23.4 Å². The molecule has 2 aromatic carbocycles. The number of alkyl halides is 3. The van der Waals surface area contributed by atoms with E-state index < -0.39 is 23.4 Å². The number of hydrogen-bond acceptors (Lipinski definition) is 4. The van der Waals surface area contributed by atoms with Crippen molar-refractivity contribution in [2.24, 2.45) is 5.10 Å². The Hall–Kier alpha value is -3.29. The molecular formula is C19H13F3N2O3. The molecule has 0 aliphatic carbocycles. The van der Waals surface area contributed by atoms with Crippen LogP contribution in [0.15, 0.2) is 59.2 Å². The van der Waals surface area contributed by atoms with Gasteiger partial charge in [0.05, 0.1) is 11.3 Å². The Morgan fingerprint density at radius 2 is 1.70 bits per heavy atom. The number of halogens is 3. The monoisotopic (exact) mass is 374 g/mol. The Labute approximate surface area is 152 Å². The van der Waals surface area contributed by atoms with Gasteiger partial charge in [0.15, 0.2) is 17.2 Å². The van der Waals surface area contributed by atoms with Crippen LogP contribution in [-0.2, 0) is 4.79 Å². The molecule has 0 aromatic heterocycles. The number of hydrogen-bond donors (Lipinski definition) is 0. The average molecular weight is 374 g/mol. The lowest BCUT2D eigenvalue weighted by atomic mass is 10.1. The third kappa shape index (κ3) is 3.25. The van der Waals surface area contributed by atoms with Crippen LogP contribution in [0.3, 0.4) is 0 Å². The van der Waals surface area contributed by atoms with Crippen molar-refractivity contribution in [2.45, 2.75) is 6.18 Å². The Balaban J connectivity index is 1.75. The van der Waals surface area contributed by atoms with Crippen molar-refractivity contribution in [3.63, 3.8) is 0 Å². The van der Waals surface area contributed by atoms with Crippen LogP contribution in [0.4, 0.5) is 18.9 Å². The van der Waals surface area contributed by atoms with Crippen molar-refractivity contribution in [3.05, 3.63) is 59.7 Å². The second-order valence-corrected chi connectivity index (χ2v) is 5.86. The second kappa shape index (κ2) is 6.46. The zero-order valence-corrected chi connectivity index (χ0v) is 13.9. The first-order chi connectivity index (χ1) is 12.9. The van der Waals surface area contributed by atoms with E-state index in [1.807, 2.05) is 0 Å².